The maximum atomic E-state index is 13.3. The molecule has 0 spiro atoms. The number of halogens is 5. The first-order valence-electron chi connectivity index (χ1n) is 9.76. The van der Waals surface area contributed by atoms with Crippen LogP contribution in [-0.4, -0.2) is 22.1 Å². The van der Waals surface area contributed by atoms with Gasteiger partial charge in [0.2, 0.25) is 0 Å². The summed E-state index contributed by atoms with van der Waals surface area (Å²) >= 11 is 0. The third-order valence-corrected chi connectivity index (χ3v) is 4.53. The molecule has 32 heavy (non-hydrogen) atoms. The van der Waals surface area contributed by atoms with Crippen molar-refractivity contribution in [2.45, 2.75) is 32.7 Å². The molecule has 0 radical (unpaired) electrons. The SMILES string of the molecule is CCNC(=NCc1ccc(Cn2ccnc2)cc1)NCc1ccc(F)cc1C(F)(F)F.I. The van der Waals surface area contributed by atoms with Crippen molar-refractivity contribution in [2.24, 2.45) is 4.99 Å². The quantitative estimate of drug-likeness (QED) is 0.186. The molecule has 3 rings (SSSR count). The van der Waals surface area contributed by atoms with Crippen LogP contribution in [0.2, 0.25) is 0 Å². The molecule has 1 aromatic heterocycles. The van der Waals surface area contributed by atoms with Crippen molar-refractivity contribution in [1.29, 1.82) is 0 Å². The molecule has 0 saturated carbocycles. The Hall–Kier alpha value is -2.63. The molecule has 2 aromatic carbocycles. The van der Waals surface area contributed by atoms with Crippen LogP contribution in [-0.2, 0) is 25.8 Å². The number of guanidine groups is 1. The highest BCUT2D eigenvalue weighted by atomic mass is 127. The Balaban J connectivity index is 0.00000363. The molecule has 0 aliphatic carbocycles. The summed E-state index contributed by atoms with van der Waals surface area (Å²) in [6.45, 7) is 3.35. The van der Waals surface area contributed by atoms with Crippen LogP contribution in [0.4, 0.5) is 17.6 Å². The molecule has 0 atom stereocenters. The second kappa shape index (κ2) is 11.8. The van der Waals surface area contributed by atoms with Gasteiger partial charge in [-0.2, -0.15) is 13.2 Å². The predicted molar refractivity (Wildman–Crippen MR) is 126 cm³/mol. The lowest BCUT2D eigenvalue weighted by molar-refractivity contribution is -0.138. The van der Waals surface area contributed by atoms with Gasteiger partial charge in [-0.15, -0.1) is 24.0 Å². The lowest BCUT2D eigenvalue weighted by Crippen LogP contribution is -2.37. The molecule has 172 valence electrons. The largest absolute Gasteiger partial charge is 0.416 e. The van der Waals surface area contributed by atoms with Crippen molar-refractivity contribution >= 4 is 29.9 Å². The maximum absolute atomic E-state index is 13.3. The van der Waals surface area contributed by atoms with Gasteiger partial charge in [0.25, 0.3) is 0 Å². The van der Waals surface area contributed by atoms with E-state index in [0.717, 1.165) is 23.3 Å². The van der Waals surface area contributed by atoms with Gasteiger partial charge in [0.15, 0.2) is 5.96 Å². The number of aliphatic imine (C=N–C) groups is 1. The summed E-state index contributed by atoms with van der Waals surface area (Å²) in [5.41, 5.74) is 1.03. The van der Waals surface area contributed by atoms with Crippen molar-refractivity contribution in [3.63, 3.8) is 0 Å². The Bertz CT molecular complexity index is 1000. The van der Waals surface area contributed by atoms with Crippen molar-refractivity contribution in [1.82, 2.24) is 20.2 Å². The van der Waals surface area contributed by atoms with Crippen LogP contribution in [0.15, 0.2) is 66.2 Å². The number of nitrogens with zero attached hydrogens (tertiary/aromatic N) is 3. The van der Waals surface area contributed by atoms with Crippen LogP contribution in [0, 0.1) is 5.82 Å². The number of imidazole rings is 1. The van der Waals surface area contributed by atoms with Gasteiger partial charge in [-0.05, 0) is 35.7 Å². The topological polar surface area (TPSA) is 54.2 Å². The van der Waals surface area contributed by atoms with E-state index in [-0.39, 0.29) is 36.1 Å². The molecule has 0 aliphatic heterocycles. The number of hydrogen-bond donors (Lipinski definition) is 2. The molecule has 0 fully saturated rings. The van der Waals surface area contributed by atoms with Crippen molar-refractivity contribution in [3.8, 4) is 0 Å². The molecule has 0 bridgehead atoms. The third kappa shape index (κ3) is 7.50. The Kier molecular flexibility index (Phi) is 9.48. The third-order valence-electron chi connectivity index (χ3n) is 4.53. The van der Waals surface area contributed by atoms with Crippen LogP contribution in [0.5, 0.6) is 0 Å². The number of alkyl halides is 3. The summed E-state index contributed by atoms with van der Waals surface area (Å²) in [6.07, 6.45) is 0.727. The lowest BCUT2D eigenvalue weighted by Gasteiger charge is -2.16. The average Bonchev–Trinajstić information content (AvgIpc) is 3.24. The molecular formula is C22H24F4IN5. The van der Waals surface area contributed by atoms with E-state index in [0.29, 0.717) is 31.7 Å². The summed E-state index contributed by atoms with van der Waals surface area (Å²) in [6, 6.07) is 10.6. The zero-order valence-electron chi connectivity index (χ0n) is 17.4. The molecule has 3 aromatic rings. The molecular weight excluding hydrogens is 537 g/mol. The van der Waals surface area contributed by atoms with E-state index >= 15 is 0 Å². The highest BCUT2D eigenvalue weighted by Crippen LogP contribution is 2.32. The van der Waals surface area contributed by atoms with Crippen LogP contribution >= 0.6 is 24.0 Å². The number of aromatic nitrogens is 2. The van der Waals surface area contributed by atoms with E-state index in [2.05, 4.69) is 20.6 Å². The molecule has 0 aliphatic rings. The van der Waals surface area contributed by atoms with Gasteiger partial charge < -0.3 is 15.2 Å². The molecule has 1 heterocycles. The van der Waals surface area contributed by atoms with Crippen molar-refractivity contribution in [3.05, 3.63) is 89.3 Å². The summed E-state index contributed by atoms with van der Waals surface area (Å²) in [5, 5.41) is 5.89. The second-order valence-electron chi connectivity index (χ2n) is 6.90. The summed E-state index contributed by atoms with van der Waals surface area (Å²) in [7, 11) is 0. The summed E-state index contributed by atoms with van der Waals surface area (Å²) in [5.74, 6) is -0.546. The van der Waals surface area contributed by atoms with Gasteiger partial charge in [0.1, 0.15) is 5.82 Å². The van der Waals surface area contributed by atoms with Gasteiger partial charge >= 0.3 is 6.18 Å². The highest BCUT2D eigenvalue weighted by molar-refractivity contribution is 14.0. The number of nitrogens with one attached hydrogen (secondary N) is 2. The summed E-state index contributed by atoms with van der Waals surface area (Å²) in [4.78, 5) is 8.45. The smallest absolute Gasteiger partial charge is 0.357 e. The van der Waals surface area contributed by atoms with Crippen LogP contribution in [0.1, 0.15) is 29.2 Å². The van der Waals surface area contributed by atoms with E-state index < -0.39 is 17.6 Å². The Morgan fingerprint density at radius 1 is 1.06 bits per heavy atom. The van der Waals surface area contributed by atoms with Gasteiger partial charge in [-0.1, -0.05) is 30.3 Å². The van der Waals surface area contributed by atoms with Gasteiger partial charge in [0, 0.05) is 32.0 Å². The molecule has 0 amide bonds. The second-order valence-corrected chi connectivity index (χ2v) is 6.90. The highest BCUT2D eigenvalue weighted by Gasteiger charge is 2.33. The van der Waals surface area contributed by atoms with Gasteiger partial charge in [0.05, 0.1) is 18.4 Å². The molecule has 0 saturated heterocycles. The molecule has 2 N–H and O–H groups in total. The maximum Gasteiger partial charge on any atom is 0.416 e. The minimum absolute atomic E-state index is 0. The van der Waals surface area contributed by atoms with Gasteiger partial charge in [-0.3, -0.25) is 0 Å². The Morgan fingerprint density at radius 2 is 1.78 bits per heavy atom. The van der Waals surface area contributed by atoms with Crippen LogP contribution in [0.25, 0.3) is 0 Å². The summed E-state index contributed by atoms with van der Waals surface area (Å²) < 4.78 is 54.8. The normalized spacial score (nSPS) is 11.7. The van der Waals surface area contributed by atoms with Crippen LogP contribution in [0.3, 0.4) is 0 Å². The monoisotopic (exact) mass is 561 g/mol. The Morgan fingerprint density at radius 3 is 2.41 bits per heavy atom. The van der Waals surface area contributed by atoms with Gasteiger partial charge in [-0.25, -0.2) is 14.4 Å². The standard InChI is InChI=1S/C22H23F4N5.HI/c1-2-28-21(30-13-18-7-8-19(23)11-20(18)22(24,25)26)29-12-16-3-5-17(6-4-16)14-31-10-9-27-15-31;/h3-11,15H,2,12-14H2,1H3,(H2,28,29,30);1H. The van der Waals surface area contributed by atoms with E-state index in [4.69, 9.17) is 0 Å². The fourth-order valence-corrected chi connectivity index (χ4v) is 3.00. The average molecular weight is 561 g/mol. The Labute approximate surface area is 201 Å². The minimum Gasteiger partial charge on any atom is -0.357 e. The van der Waals surface area contributed by atoms with Crippen LogP contribution < -0.4 is 10.6 Å². The van der Waals surface area contributed by atoms with E-state index in [9.17, 15) is 17.6 Å². The van der Waals surface area contributed by atoms with E-state index in [1.807, 2.05) is 42.0 Å². The molecule has 5 nitrogen and oxygen atoms in total. The lowest BCUT2D eigenvalue weighted by atomic mass is 10.1. The van der Waals surface area contributed by atoms with Crippen molar-refractivity contribution in [2.75, 3.05) is 6.54 Å². The predicted octanol–water partition coefficient (Wildman–Crippen LogP) is 4.96. The fraction of sp³-hybridized carbons (Fsp3) is 0.273. The number of benzene rings is 2. The molecule has 0 unspecified atom stereocenters. The fourth-order valence-electron chi connectivity index (χ4n) is 3.00. The minimum atomic E-state index is -4.63. The first kappa shape index (κ1) is 25.6. The van der Waals surface area contributed by atoms with Crippen molar-refractivity contribution < 1.29 is 17.6 Å². The molecule has 10 heteroatoms. The number of rotatable bonds is 7. The first-order chi connectivity index (χ1) is 14.8. The number of hydrogen-bond acceptors (Lipinski definition) is 2. The zero-order chi connectivity index (χ0) is 22.3. The van der Waals surface area contributed by atoms with E-state index in [1.54, 1.807) is 12.5 Å². The zero-order valence-corrected chi connectivity index (χ0v) is 19.7. The van der Waals surface area contributed by atoms with E-state index in [1.165, 1.54) is 0 Å². The first-order valence-corrected chi connectivity index (χ1v) is 9.76.